The molecule has 0 bridgehead atoms. The van der Waals surface area contributed by atoms with Gasteiger partial charge < -0.3 is 24.8 Å². The van der Waals surface area contributed by atoms with E-state index in [1.54, 1.807) is 61.4 Å². The topological polar surface area (TPSA) is 154 Å². The zero-order chi connectivity index (χ0) is 48.3. The number of fused-ring (bicyclic) bond motifs is 2. The van der Waals surface area contributed by atoms with Crippen LogP contribution in [0, 0.1) is 16.7 Å². The highest BCUT2D eigenvalue weighted by Crippen LogP contribution is 2.57. The number of aromatic nitrogens is 6. The molecule has 6 aliphatic rings. The number of amides is 2. The van der Waals surface area contributed by atoms with Crippen LogP contribution in [0.1, 0.15) is 122 Å². The summed E-state index contributed by atoms with van der Waals surface area (Å²) >= 11 is 6.18. The number of carbonyl (C=O) groups is 2. The van der Waals surface area contributed by atoms with Crippen molar-refractivity contribution < 1.29 is 23.1 Å². The number of benzene rings is 2. The fourth-order valence-electron chi connectivity index (χ4n) is 12.1. The minimum absolute atomic E-state index is 0.00962. The maximum atomic E-state index is 14.8. The molecule has 2 saturated carbocycles. The van der Waals surface area contributed by atoms with E-state index in [-0.39, 0.29) is 35.6 Å². The molecular formula is C52H59ClF2N12O3. The van der Waals surface area contributed by atoms with Gasteiger partial charge in [-0.25, -0.2) is 8.78 Å². The minimum atomic E-state index is -2.66. The van der Waals surface area contributed by atoms with Crippen molar-refractivity contribution in [2.45, 2.75) is 121 Å². The molecule has 7 heterocycles. The van der Waals surface area contributed by atoms with Gasteiger partial charge in [0, 0.05) is 112 Å². The summed E-state index contributed by atoms with van der Waals surface area (Å²) in [5.41, 5.74) is 6.23. The van der Waals surface area contributed by atoms with E-state index in [1.165, 1.54) is 12.1 Å². The highest BCUT2D eigenvalue weighted by molar-refractivity contribution is 6.31. The average Bonchev–Trinajstić information content (AvgIpc) is 3.66. The van der Waals surface area contributed by atoms with Crippen molar-refractivity contribution in [2.75, 3.05) is 49.1 Å². The molecule has 5 aromatic rings. The number of halogens is 3. The number of hydrogen-bond donors (Lipinski definition) is 1. The van der Waals surface area contributed by atoms with Crippen LogP contribution in [0.2, 0.25) is 5.02 Å². The summed E-state index contributed by atoms with van der Waals surface area (Å²) in [5.74, 6) is 2.05. The molecule has 4 aliphatic heterocycles. The third-order valence-corrected chi connectivity index (χ3v) is 16.5. The van der Waals surface area contributed by atoms with Crippen molar-refractivity contribution in [2.24, 2.45) is 12.5 Å². The Morgan fingerprint density at radius 1 is 0.957 bits per heavy atom. The highest BCUT2D eigenvalue weighted by Gasteiger charge is 2.57. The standard InChI is InChI=1S/C52H59ClF2N12O3/c1-32(68)65-21-15-45-42(31-65)50(66-18-3-4-33-24-40(35-29-57-62(2)30-35)41(49(54)55)26-46(33)66)61-67(45)37-13-19-63(20-14-37)47-27-52(47)16-22-64(23-17-52)48-12-11-44(59-60-48)51(69)58-36-6-9-38(10-7-36)70-39-8-5-34(28-56)43(53)25-39/h5,8,11-12,24-26,29-30,36-38,47,49H,3-4,6-7,9-10,13-23,27,31H2,1-2H3,(H,58,69). The van der Waals surface area contributed by atoms with Gasteiger partial charge >= 0.3 is 0 Å². The predicted octanol–water partition coefficient (Wildman–Crippen LogP) is 8.34. The van der Waals surface area contributed by atoms with Crippen LogP contribution < -0.4 is 19.9 Å². The van der Waals surface area contributed by atoms with Crippen molar-refractivity contribution in [1.82, 2.24) is 44.9 Å². The minimum Gasteiger partial charge on any atom is -0.490 e. The smallest absolute Gasteiger partial charge is 0.272 e. The lowest BCUT2D eigenvalue weighted by Gasteiger charge is -2.38. The SMILES string of the molecule is CC(=O)N1CCc2c(c(N3CCCc4cc(-c5cnn(C)c5)c(C(F)F)cc43)nn2C2CCN(C3CC34CCN(c3ccc(C(=O)NC5CCC(Oc6ccc(C#N)c(Cl)c6)CC5)nn3)CC4)CC2)C1. The highest BCUT2D eigenvalue weighted by atomic mass is 35.5. The van der Waals surface area contributed by atoms with Gasteiger partial charge in [-0.3, -0.25) is 23.9 Å². The summed E-state index contributed by atoms with van der Waals surface area (Å²) in [5, 5.41) is 31.2. The number of anilines is 3. The first-order chi connectivity index (χ1) is 33.9. The molecule has 0 radical (unpaired) electrons. The Bertz CT molecular complexity index is 2820. The molecular weight excluding hydrogens is 914 g/mol. The Morgan fingerprint density at radius 2 is 1.76 bits per heavy atom. The molecule has 366 valence electrons. The Labute approximate surface area is 411 Å². The van der Waals surface area contributed by atoms with Crippen LogP contribution >= 0.6 is 11.6 Å². The first-order valence-electron chi connectivity index (χ1n) is 25.0. The molecule has 70 heavy (non-hydrogen) atoms. The quantitative estimate of drug-likeness (QED) is 0.144. The number of rotatable bonds is 10. The molecule has 3 aromatic heterocycles. The first kappa shape index (κ1) is 46.3. The van der Waals surface area contributed by atoms with E-state index in [0.29, 0.717) is 70.7 Å². The monoisotopic (exact) mass is 972 g/mol. The van der Waals surface area contributed by atoms with Crippen molar-refractivity contribution in [1.29, 1.82) is 5.26 Å². The predicted molar refractivity (Wildman–Crippen MR) is 260 cm³/mol. The molecule has 2 aliphatic carbocycles. The number of nitrogens with zero attached hydrogens (tertiary/aromatic N) is 11. The lowest BCUT2D eigenvalue weighted by atomic mass is 9.91. The number of piperidine rings is 2. The van der Waals surface area contributed by atoms with E-state index >= 15 is 0 Å². The van der Waals surface area contributed by atoms with Gasteiger partial charge in [0.25, 0.3) is 12.3 Å². The summed E-state index contributed by atoms with van der Waals surface area (Å²) in [7, 11) is 1.79. The number of aryl methyl sites for hydroxylation is 2. The van der Waals surface area contributed by atoms with E-state index in [9.17, 15) is 18.4 Å². The van der Waals surface area contributed by atoms with Crippen molar-refractivity contribution in [3.63, 3.8) is 0 Å². The summed E-state index contributed by atoms with van der Waals surface area (Å²) < 4.78 is 39.6. The van der Waals surface area contributed by atoms with Crippen LogP contribution in [-0.2, 0) is 31.2 Å². The van der Waals surface area contributed by atoms with Gasteiger partial charge in [-0.2, -0.15) is 15.5 Å². The Balaban J connectivity index is 0.694. The lowest BCUT2D eigenvalue weighted by Crippen LogP contribution is -2.42. The molecule has 11 rings (SSSR count). The van der Waals surface area contributed by atoms with Gasteiger partial charge in [-0.1, -0.05) is 11.6 Å². The van der Waals surface area contributed by atoms with Crippen LogP contribution in [0.15, 0.2) is 54.9 Å². The van der Waals surface area contributed by atoms with Crippen molar-refractivity contribution in [3.05, 3.63) is 93.5 Å². The normalized spacial score (nSPS) is 22.4. The third kappa shape index (κ3) is 8.97. The molecule has 4 fully saturated rings. The Kier molecular flexibility index (Phi) is 12.5. The van der Waals surface area contributed by atoms with Gasteiger partial charge in [0.2, 0.25) is 5.91 Å². The van der Waals surface area contributed by atoms with Crippen molar-refractivity contribution in [3.8, 4) is 22.9 Å². The van der Waals surface area contributed by atoms with Gasteiger partial charge in [0.15, 0.2) is 17.3 Å². The molecule has 1 N–H and O–H groups in total. The second-order valence-corrected chi connectivity index (χ2v) is 20.7. The molecule has 2 amide bonds. The summed E-state index contributed by atoms with van der Waals surface area (Å²) in [6.45, 7) is 7.16. The van der Waals surface area contributed by atoms with Crippen molar-refractivity contribution >= 4 is 40.7 Å². The maximum Gasteiger partial charge on any atom is 0.272 e. The molecule has 15 nitrogen and oxygen atoms in total. The molecule has 1 unspecified atom stereocenters. The molecule has 1 atom stereocenters. The van der Waals surface area contributed by atoms with Gasteiger partial charge in [-0.15, -0.1) is 10.2 Å². The number of alkyl halides is 2. The second kappa shape index (κ2) is 18.9. The lowest BCUT2D eigenvalue weighted by molar-refractivity contribution is -0.129. The Morgan fingerprint density at radius 3 is 2.44 bits per heavy atom. The number of likely N-dealkylation sites (tertiary alicyclic amines) is 1. The zero-order valence-corrected chi connectivity index (χ0v) is 40.6. The number of nitriles is 1. The van der Waals surface area contributed by atoms with Gasteiger partial charge in [0.1, 0.15) is 11.8 Å². The van der Waals surface area contributed by atoms with Crippen LogP contribution in [0.5, 0.6) is 5.75 Å². The zero-order valence-electron chi connectivity index (χ0n) is 39.8. The third-order valence-electron chi connectivity index (χ3n) is 16.2. The fourth-order valence-corrected chi connectivity index (χ4v) is 12.3. The molecule has 2 saturated heterocycles. The van der Waals surface area contributed by atoms with Crippen LogP contribution in [-0.4, -0.2) is 109 Å². The van der Waals surface area contributed by atoms with E-state index in [2.05, 4.69) is 46.1 Å². The largest absolute Gasteiger partial charge is 0.490 e. The van der Waals surface area contributed by atoms with E-state index in [1.807, 2.05) is 17.0 Å². The van der Waals surface area contributed by atoms with Crippen LogP contribution in [0.3, 0.4) is 0 Å². The van der Waals surface area contributed by atoms with Gasteiger partial charge in [0.05, 0.1) is 35.5 Å². The fraction of sp³-hybridized carbons (Fsp3) is 0.519. The van der Waals surface area contributed by atoms with Gasteiger partial charge in [-0.05, 0) is 124 Å². The van der Waals surface area contributed by atoms with Crippen LogP contribution in [0.25, 0.3) is 11.1 Å². The number of carbonyl (C=O) groups excluding carboxylic acids is 2. The molecule has 1 spiro atoms. The number of nitrogens with one attached hydrogen (secondary N) is 1. The van der Waals surface area contributed by atoms with E-state index < -0.39 is 6.43 Å². The summed E-state index contributed by atoms with van der Waals surface area (Å²) in [6.07, 6.45) is 11.6. The maximum absolute atomic E-state index is 14.8. The number of hydrogen-bond acceptors (Lipinski definition) is 11. The molecule has 2 aromatic carbocycles. The number of ether oxygens (including phenoxy) is 1. The van der Waals surface area contributed by atoms with Crippen LogP contribution in [0.4, 0.5) is 26.1 Å². The van der Waals surface area contributed by atoms with E-state index in [0.717, 1.165) is 119 Å². The second-order valence-electron chi connectivity index (χ2n) is 20.3. The van der Waals surface area contributed by atoms with E-state index in [4.69, 9.17) is 26.7 Å². The average molecular weight is 974 g/mol. The summed E-state index contributed by atoms with van der Waals surface area (Å²) in [4.78, 5) is 34.9. The molecule has 18 heteroatoms. The first-order valence-corrected chi connectivity index (χ1v) is 25.4. The summed E-state index contributed by atoms with van der Waals surface area (Å²) in [6, 6.07) is 15.3. The Hall–Kier alpha value is -6.12.